The molecule has 6 heteroatoms. The van der Waals surface area contributed by atoms with Gasteiger partial charge in [-0.25, -0.2) is 4.98 Å². The topological polar surface area (TPSA) is 60.0 Å². The van der Waals surface area contributed by atoms with Crippen molar-refractivity contribution in [3.05, 3.63) is 5.82 Å². The number of rotatable bonds is 5. The van der Waals surface area contributed by atoms with Gasteiger partial charge in [0.15, 0.2) is 6.29 Å². The lowest BCUT2D eigenvalue weighted by Crippen LogP contribution is -2.15. The number of ether oxygens (including phenoxy) is 2. The minimum Gasteiger partial charge on any atom is -0.355 e. The van der Waals surface area contributed by atoms with Crippen molar-refractivity contribution in [2.45, 2.75) is 18.4 Å². The zero-order valence-electron chi connectivity index (χ0n) is 7.90. The number of aromatic amines is 1. The van der Waals surface area contributed by atoms with Gasteiger partial charge in [-0.3, -0.25) is 5.10 Å². The fourth-order valence-electron chi connectivity index (χ4n) is 0.762. The number of methoxy groups -OCH3 is 2. The molecule has 0 spiro atoms. The predicted molar refractivity (Wildman–Crippen MR) is 49.6 cm³/mol. The molecule has 1 N–H and O–H groups in total. The summed E-state index contributed by atoms with van der Waals surface area (Å²) in [7, 11) is 3.22. The molecule has 1 aromatic rings. The van der Waals surface area contributed by atoms with Gasteiger partial charge in [0.1, 0.15) is 5.82 Å². The zero-order chi connectivity index (χ0) is 9.68. The molecule has 74 valence electrons. The second kappa shape index (κ2) is 5.21. The summed E-state index contributed by atoms with van der Waals surface area (Å²) in [6.45, 7) is 1.86. The van der Waals surface area contributed by atoms with Gasteiger partial charge in [0, 0.05) is 14.2 Å². The van der Waals surface area contributed by atoms with E-state index < -0.39 is 0 Å². The standard InChI is InChI=1S/C7H13N3O2S/c1-5-8-7(10-9-5)13-4-6(11-2)12-3/h6H,4H2,1-3H3,(H,8,9,10). The lowest BCUT2D eigenvalue weighted by atomic mass is 10.7. The fraction of sp³-hybridized carbons (Fsp3) is 0.714. The minimum absolute atomic E-state index is 0.205. The van der Waals surface area contributed by atoms with Crippen molar-refractivity contribution in [3.8, 4) is 0 Å². The molecule has 0 aliphatic carbocycles. The Balaban J connectivity index is 2.33. The third-order valence-electron chi connectivity index (χ3n) is 1.45. The van der Waals surface area contributed by atoms with Crippen molar-refractivity contribution in [2.24, 2.45) is 0 Å². The SMILES string of the molecule is COC(CSc1n[nH]c(C)n1)OC. The van der Waals surface area contributed by atoms with Gasteiger partial charge >= 0.3 is 0 Å². The highest BCUT2D eigenvalue weighted by Gasteiger charge is 2.07. The van der Waals surface area contributed by atoms with E-state index in [-0.39, 0.29) is 6.29 Å². The van der Waals surface area contributed by atoms with Gasteiger partial charge < -0.3 is 9.47 Å². The number of hydrogen-bond acceptors (Lipinski definition) is 5. The minimum atomic E-state index is -0.205. The number of thioether (sulfide) groups is 1. The van der Waals surface area contributed by atoms with Gasteiger partial charge in [-0.2, -0.15) is 0 Å². The van der Waals surface area contributed by atoms with Gasteiger partial charge in [0.2, 0.25) is 5.16 Å². The number of nitrogens with one attached hydrogen (secondary N) is 1. The number of aromatic nitrogens is 3. The molecular formula is C7H13N3O2S. The highest BCUT2D eigenvalue weighted by molar-refractivity contribution is 7.99. The van der Waals surface area contributed by atoms with E-state index in [2.05, 4.69) is 15.2 Å². The fourth-order valence-corrected chi connectivity index (χ4v) is 1.63. The molecule has 0 bridgehead atoms. The Kier molecular flexibility index (Phi) is 4.20. The van der Waals surface area contributed by atoms with E-state index in [4.69, 9.17) is 9.47 Å². The van der Waals surface area contributed by atoms with Crippen LogP contribution in [0, 0.1) is 6.92 Å². The van der Waals surface area contributed by atoms with Crippen LogP contribution in [0.1, 0.15) is 5.82 Å². The highest BCUT2D eigenvalue weighted by atomic mass is 32.2. The summed E-state index contributed by atoms with van der Waals surface area (Å²) in [5.41, 5.74) is 0. The maximum Gasteiger partial charge on any atom is 0.208 e. The Morgan fingerprint density at radius 2 is 2.15 bits per heavy atom. The monoisotopic (exact) mass is 203 g/mol. The smallest absolute Gasteiger partial charge is 0.208 e. The Morgan fingerprint density at radius 3 is 2.62 bits per heavy atom. The average molecular weight is 203 g/mol. The summed E-state index contributed by atoms with van der Waals surface area (Å²) < 4.78 is 10.0. The maximum absolute atomic E-state index is 5.02. The summed E-state index contributed by atoms with van der Waals surface area (Å²) in [5, 5.41) is 7.46. The third kappa shape index (κ3) is 3.33. The second-order valence-electron chi connectivity index (χ2n) is 2.42. The van der Waals surface area contributed by atoms with Crippen molar-refractivity contribution in [3.63, 3.8) is 0 Å². The third-order valence-corrected chi connectivity index (χ3v) is 2.33. The van der Waals surface area contributed by atoms with Crippen molar-refractivity contribution in [2.75, 3.05) is 20.0 Å². The van der Waals surface area contributed by atoms with Gasteiger partial charge in [0.05, 0.1) is 5.75 Å². The van der Waals surface area contributed by atoms with Crippen LogP contribution in [-0.2, 0) is 9.47 Å². The van der Waals surface area contributed by atoms with Crippen molar-refractivity contribution >= 4 is 11.8 Å². The summed E-state index contributed by atoms with van der Waals surface area (Å²) >= 11 is 1.50. The number of hydrogen-bond donors (Lipinski definition) is 1. The van der Waals surface area contributed by atoms with Crippen LogP contribution in [0.3, 0.4) is 0 Å². The predicted octanol–water partition coefficient (Wildman–Crippen LogP) is 0.824. The number of H-pyrrole nitrogens is 1. The second-order valence-corrected chi connectivity index (χ2v) is 3.40. The van der Waals surface area contributed by atoms with Crippen LogP contribution in [0.2, 0.25) is 0 Å². The van der Waals surface area contributed by atoms with Gasteiger partial charge in [-0.1, -0.05) is 11.8 Å². The van der Waals surface area contributed by atoms with Crippen LogP contribution < -0.4 is 0 Å². The molecule has 0 aromatic carbocycles. The molecule has 0 saturated carbocycles. The zero-order valence-corrected chi connectivity index (χ0v) is 8.72. The summed E-state index contributed by atoms with van der Waals surface area (Å²) in [6.07, 6.45) is -0.205. The van der Waals surface area contributed by atoms with Gasteiger partial charge in [-0.15, -0.1) is 5.10 Å². The highest BCUT2D eigenvalue weighted by Crippen LogP contribution is 2.14. The molecule has 1 heterocycles. The first-order chi connectivity index (χ1) is 6.26. The Hall–Kier alpha value is -0.590. The molecule has 0 aliphatic heterocycles. The maximum atomic E-state index is 5.02. The van der Waals surface area contributed by atoms with E-state index in [1.54, 1.807) is 14.2 Å². The summed E-state index contributed by atoms with van der Waals surface area (Å²) in [6, 6.07) is 0. The Morgan fingerprint density at radius 1 is 1.46 bits per heavy atom. The van der Waals surface area contributed by atoms with Crippen LogP contribution in [-0.4, -0.2) is 41.4 Å². The molecule has 13 heavy (non-hydrogen) atoms. The van der Waals surface area contributed by atoms with Crippen LogP contribution in [0.25, 0.3) is 0 Å². The molecule has 0 fully saturated rings. The summed E-state index contributed by atoms with van der Waals surface area (Å²) in [4.78, 5) is 4.14. The van der Waals surface area contributed by atoms with Crippen molar-refractivity contribution in [1.82, 2.24) is 15.2 Å². The van der Waals surface area contributed by atoms with Crippen LogP contribution >= 0.6 is 11.8 Å². The van der Waals surface area contributed by atoms with Gasteiger partial charge in [-0.05, 0) is 6.92 Å². The van der Waals surface area contributed by atoms with Crippen LogP contribution in [0.4, 0.5) is 0 Å². The molecule has 0 amide bonds. The van der Waals surface area contributed by atoms with E-state index in [9.17, 15) is 0 Å². The lowest BCUT2D eigenvalue weighted by molar-refractivity contribution is -0.0842. The molecule has 1 rings (SSSR count). The molecule has 5 nitrogen and oxygen atoms in total. The first-order valence-electron chi connectivity index (χ1n) is 3.83. The van der Waals surface area contributed by atoms with E-state index in [1.807, 2.05) is 6.92 Å². The Bertz CT molecular complexity index is 250. The van der Waals surface area contributed by atoms with E-state index in [1.165, 1.54) is 11.8 Å². The molecule has 0 radical (unpaired) electrons. The molecule has 0 aliphatic rings. The van der Waals surface area contributed by atoms with E-state index in [0.29, 0.717) is 5.75 Å². The first kappa shape index (κ1) is 10.5. The quantitative estimate of drug-likeness (QED) is 0.567. The lowest BCUT2D eigenvalue weighted by Gasteiger charge is -2.10. The van der Waals surface area contributed by atoms with Gasteiger partial charge in [0.25, 0.3) is 0 Å². The van der Waals surface area contributed by atoms with Crippen LogP contribution in [0.5, 0.6) is 0 Å². The molecule has 0 atom stereocenters. The Labute approximate surface area is 81.2 Å². The number of nitrogens with zero attached hydrogens (tertiary/aromatic N) is 2. The molecule has 0 unspecified atom stereocenters. The molecule has 1 aromatic heterocycles. The van der Waals surface area contributed by atoms with Crippen molar-refractivity contribution in [1.29, 1.82) is 0 Å². The number of aryl methyl sites for hydroxylation is 1. The molecule has 0 saturated heterocycles. The average Bonchev–Trinajstić information content (AvgIpc) is 2.53. The first-order valence-corrected chi connectivity index (χ1v) is 4.82. The van der Waals surface area contributed by atoms with Crippen molar-refractivity contribution < 1.29 is 9.47 Å². The normalized spacial score (nSPS) is 11.1. The largest absolute Gasteiger partial charge is 0.355 e. The summed E-state index contributed by atoms with van der Waals surface area (Å²) in [5.74, 6) is 1.50. The molecular weight excluding hydrogens is 190 g/mol. The van der Waals surface area contributed by atoms with Crippen LogP contribution in [0.15, 0.2) is 5.16 Å². The van der Waals surface area contributed by atoms with E-state index >= 15 is 0 Å². The van der Waals surface area contributed by atoms with E-state index in [0.717, 1.165) is 11.0 Å².